The van der Waals surface area contributed by atoms with Gasteiger partial charge in [-0.25, -0.2) is 4.68 Å². The summed E-state index contributed by atoms with van der Waals surface area (Å²) >= 11 is 0. The Morgan fingerprint density at radius 2 is 2.06 bits per heavy atom. The molecule has 96 valence electrons. The maximum Gasteiger partial charge on any atom is 0.236 e. The van der Waals surface area contributed by atoms with Crippen molar-refractivity contribution in [3.05, 3.63) is 5.69 Å². The highest BCUT2D eigenvalue weighted by atomic mass is 16.5. The molecular formula is C12H21N3O2. The number of hydrogen-bond acceptors (Lipinski definition) is 4. The Labute approximate surface area is 102 Å². The van der Waals surface area contributed by atoms with Crippen molar-refractivity contribution in [1.29, 1.82) is 0 Å². The smallest absolute Gasteiger partial charge is 0.236 e. The van der Waals surface area contributed by atoms with Crippen LogP contribution in [0.15, 0.2) is 0 Å². The second-order valence-electron chi connectivity index (χ2n) is 4.77. The van der Waals surface area contributed by atoms with Crippen LogP contribution in [0.2, 0.25) is 0 Å². The van der Waals surface area contributed by atoms with Gasteiger partial charge in [0.2, 0.25) is 5.88 Å². The molecule has 5 heteroatoms. The summed E-state index contributed by atoms with van der Waals surface area (Å²) in [7, 11) is 0. The van der Waals surface area contributed by atoms with E-state index in [2.05, 4.69) is 18.9 Å². The van der Waals surface area contributed by atoms with Crippen LogP contribution >= 0.6 is 0 Å². The van der Waals surface area contributed by atoms with E-state index >= 15 is 0 Å². The van der Waals surface area contributed by atoms with E-state index in [-0.39, 0.29) is 12.1 Å². The van der Waals surface area contributed by atoms with E-state index in [1.807, 2.05) is 11.6 Å². The van der Waals surface area contributed by atoms with E-state index in [1.165, 1.54) is 0 Å². The summed E-state index contributed by atoms with van der Waals surface area (Å²) in [4.78, 5) is 0. The molecule has 0 atom stereocenters. The molecule has 1 saturated heterocycles. The molecule has 0 unspecified atom stereocenters. The summed E-state index contributed by atoms with van der Waals surface area (Å²) in [6, 6.07) is 0.251. The average molecular weight is 239 g/mol. The first-order valence-corrected chi connectivity index (χ1v) is 6.18. The zero-order chi connectivity index (χ0) is 12.4. The van der Waals surface area contributed by atoms with Crippen LogP contribution in [0, 0.1) is 6.92 Å². The van der Waals surface area contributed by atoms with Crippen molar-refractivity contribution in [2.75, 3.05) is 18.9 Å². The van der Waals surface area contributed by atoms with Crippen molar-refractivity contribution in [2.24, 2.45) is 0 Å². The van der Waals surface area contributed by atoms with E-state index in [0.717, 1.165) is 31.7 Å². The Morgan fingerprint density at radius 3 is 2.65 bits per heavy atom. The molecule has 0 aliphatic carbocycles. The first kappa shape index (κ1) is 12.2. The van der Waals surface area contributed by atoms with E-state index < -0.39 is 0 Å². The van der Waals surface area contributed by atoms with Crippen LogP contribution in [-0.4, -0.2) is 29.1 Å². The predicted molar refractivity (Wildman–Crippen MR) is 66.2 cm³/mol. The minimum atomic E-state index is 0.194. The molecule has 0 aromatic carbocycles. The summed E-state index contributed by atoms with van der Waals surface area (Å²) in [5, 5.41) is 4.41. The third-order valence-electron chi connectivity index (χ3n) is 3.02. The summed E-state index contributed by atoms with van der Waals surface area (Å²) < 4.78 is 13.2. The molecule has 5 nitrogen and oxygen atoms in total. The SMILES string of the molecule is Cc1nn(C(C)C)c(OC2CCOCC2)c1N. The molecule has 0 spiro atoms. The Bertz CT molecular complexity index is 381. The van der Waals surface area contributed by atoms with Crippen LogP contribution in [-0.2, 0) is 4.74 Å². The van der Waals surface area contributed by atoms with Crippen molar-refractivity contribution in [1.82, 2.24) is 9.78 Å². The van der Waals surface area contributed by atoms with Gasteiger partial charge in [-0.1, -0.05) is 0 Å². The summed E-state index contributed by atoms with van der Waals surface area (Å²) in [5.41, 5.74) is 7.51. The van der Waals surface area contributed by atoms with Gasteiger partial charge < -0.3 is 15.2 Å². The molecule has 0 saturated carbocycles. The van der Waals surface area contributed by atoms with Crippen LogP contribution < -0.4 is 10.5 Å². The van der Waals surface area contributed by atoms with Crippen LogP contribution in [0.25, 0.3) is 0 Å². The van der Waals surface area contributed by atoms with Gasteiger partial charge >= 0.3 is 0 Å². The molecule has 1 aromatic rings. The Balaban J connectivity index is 2.18. The van der Waals surface area contributed by atoms with Gasteiger partial charge in [0.1, 0.15) is 11.8 Å². The van der Waals surface area contributed by atoms with Crippen molar-refractivity contribution in [3.63, 3.8) is 0 Å². The molecule has 0 radical (unpaired) electrons. The first-order valence-electron chi connectivity index (χ1n) is 6.18. The van der Waals surface area contributed by atoms with Gasteiger partial charge in [-0.15, -0.1) is 0 Å². The minimum absolute atomic E-state index is 0.194. The first-order chi connectivity index (χ1) is 8.09. The largest absolute Gasteiger partial charge is 0.473 e. The monoisotopic (exact) mass is 239 g/mol. The number of ether oxygens (including phenoxy) is 2. The number of nitrogens with two attached hydrogens (primary N) is 1. The number of aryl methyl sites for hydroxylation is 1. The third kappa shape index (κ3) is 2.54. The van der Waals surface area contributed by atoms with Crippen LogP contribution in [0.3, 0.4) is 0 Å². The maximum absolute atomic E-state index is 6.02. The quantitative estimate of drug-likeness (QED) is 0.875. The molecule has 1 fully saturated rings. The Morgan fingerprint density at radius 1 is 1.41 bits per heavy atom. The third-order valence-corrected chi connectivity index (χ3v) is 3.02. The van der Waals surface area contributed by atoms with Crippen molar-refractivity contribution >= 4 is 5.69 Å². The van der Waals surface area contributed by atoms with Crippen molar-refractivity contribution in [2.45, 2.75) is 45.8 Å². The lowest BCUT2D eigenvalue weighted by Crippen LogP contribution is -2.27. The molecule has 17 heavy (non-hydrogen) atoms. The molecule has 2 rings (SSSR count). The topological polar surface area (TPSA) is 62.3 Å². The molecule has 2 N–H and O–H groups in total. The zero-order valence-electron chi connectivity index (χ0n) is 10.8. The Kier molecular flexibility index (Phi) is 3.57. The number of nitrogens with zero attached hydrogens (tertiary/aromatic N) is 2. The zero-order valence-corrected chi connectivity index (χ0v) is 10.8. The summed E-state index contributed by atoms with van der Waals surface area (Å²) in [6.45, 7) is 7.58. The van der Waals surface area contributed by atoms with E-state index in [4.69, 9.17) is 15.2 Å². The second-order valence-corrected chi connectivity index (χ2v) is 4.77. The predicted octanol–water partition coefficient (Wildman–Crippen LogP) is 1.91. The van der Waals surface area contributed by atoms with Gasteiger partial charge in [0, 0.05) is 12.8 Å². The molecule has 0 amide bonds. The van der Waals surface area contributed by atoms with E-state index in [0.29, 0.717) is 11.6 Å². The highest BCUT2D eigenvalue weighted by Gasteiger charge is 2.22. The number of hydrogen-bond donors (Lipinski definition) is 1. The second kappa shape index (κ2) is 4.96. The molecule has 1 aromatic heterocycles. The van der Waals surface area contributed by atoms with Gasteiger partial charge in [-0.05, 0) is 20.8 Å². The van der Waals surface area contributed by atoms with Gasteiger partial charge in [0.15, 0.2) is 0 Å². The van der Waals surface area contributed by atoms with Gasteiger partial charge in [-0.2, -0.15) is 5.10 Å². The fourth-order valence-electron chi connectivity index (χ4n) is 1.96. The summed E-state index contributed by atoms with van der Waals surface area (Å²) in [5.74, 6) is 0.712. The molecular weight excluding hydrogens is 218 g/mol. The lowest BCUT2D eigenvalue weighted by molar-refractivity contribution is 0.0215. The highest BCUT2D eigenvalue weighted by Crippen LogP contribution is 2.30. The summed E-state index contributed by atoms with van der Waals surface area (Å²) in [6.07, 6.45) is 2.03. The normalized spacial score (nSPS) is 17.6. The number of aromatic nitrogens is 2. The van der Waals surface area contributed by atoms with E-state index in [9.17, 15) is 0 Å². The van der Waals surface area contributed by atoms with Gasteiger partial charge in [0.05, 0.1) is 24.9 Å². The fourth-order valence-corrected chi connectivity index (χ4v) is 1.96. The van der Waals surface area contributed by atoms with Gasteiger partial charge in [0.25, 0.3) is 0 Å². The minimum Gasteiger partial charge on any atom is -0.473 e. The number of nitrogen functional groups attached to an aromatic ring is 1. The van der Waals surface area contributed by atoms with Crippen molar-refractivity contribution in [3.8, 4) is 5.88 Å². The Hall–Kier alpha value is -1.23. The molecule has 0 bridgehead atoms. The lowest BCUT2D eigenvalue weighted by Gasteiger charge is -2.24. The van der Waals surface area contributed by atoms with Crippen molar-refractivity contribution < 1.29 is 9.47 Å². The lowest BCUT2D eigenvalue weighted by atomic mass is 10.1. The van der Waals surface area contributed by atoms with Crippen LogP contribution in [0.1, 0.15) is 38.4 Å². The molecule has 1 aliphatic heterocycles. The number of rotatable bonds is 3. The molecule has 2 heterocycles. The molecule has 1 aliphatic rings. The standard InChI is InChI=1S/C12H21N3O2/c1-8(2)15-12(11(13)9(3)14-15)17-10-4-6-16-7-5-10/h8,10H,4-7,13H2,1-3H3. The average Bonchev–Trinajstić information content (AvgIpc) is 2.59. The highest BCUT2D eigenvalue weighted by molar-refractivity contribution is 5.52. The van der Waals surface area contributed by atoms with Gasteiger partial charge in [-0.3, -0.25) is 0 Å². The van der Waals surface area contributed by atoms with E-state index in [1.54, 1.807) is 0 Å². The maximum atomic E-state index is 6.02. The van der Waals surface area contributed by atoms with Crippen LogP contribution in [0.5, 0.6) is 5.88 Å². The van der Waals surface area contributed by atoms with Crippen LogP contribution in [0.4, 0.5) is 5.69 Å². The fraction of sp³-hybridized carbons (Fsp3) is 0.750. The number of anilines is 1.